The molecule has 0 radical (unpaired) electrons. The van der Waals surface area contributed by atoms with Crippen LogP contribution in [-0.2, 0) is 9.53 Å². The summed E-state index contributed by atoms with van der Waals surface area (Å²) in [6.45, 7) is 7.78. The average Bonchev–Trinajstić information content (AvgIpc) is 2.91. The number of aromatic nitrogens is 1. The molecular weight excluding hydrogens is 368 g/mol. The summed E-state index contributed by atoms with van der Waals surface area (Å²) in [5, 5.41) is 1.88. The van der Waals surface area contributed by atoms with Gasteiger partial charge in [-0.3, -0.25) is 14.9 Å². The van der Waals surface area contributed by atoms with Crippen LogP contribution in [-0.4, -0.2) is 58.9 Å². The van der Waals surface area contributed by atoms with Crippen molar-refractivity contribution in [3.63, 3.8) is 0 Å². The number of anilines is 1. The van der Waals surface area contributed by atoms with Gasteiger partial charge in [-0.2, -0.15) is 0 Å². The number of carbonyl (C=O) groups excluding carboxylic acids is 3. The zero-order valence-corrected chi connectivity index (χ0v) is 16.3. The number of pyridine rings is 1. The van der Waals surface area contributed by atoms with Crippen molar-refractivity contribution in [3.8, 4) is 0 Å². The Morgan fingerprint density at radius 2 is 1.96 bits per heavy atom. The summed E-state index contributed by atoms with van der Waals surface area (Å²) in [6, 6.07) is 3.64. The Hall–Kier alpha value is -2.55. The second-order valence-electron chi connectivity index (χ2n) is 7.22. The lowest BCUT2D eigenvalue weighted by molar-refractivity contribution is -0.115. The number of thioether (sulfide) groups is 1. The molecule has 0 aromatic carbocycles. The summed E-state index contributed by atoms with van der Waals surface area (Å²) in [4.78, 5) is 43.9. The Bertz CT molecular complexity index is 795. The Morgan fingerprint density at radius 1 is 1.26 bits per heavy atom. The third kappa shape index (κ3) is 4.79. The number of imide groups is 1. The third-order valence-electron chi connectivity index (χ3n) is 3.98. The Labute approximate surface area is 161 Å². The first-order chi connectivity index (χ1) is 12.7. The van der Waals surface area contributed by atoms with E-state index in [1.807, 2.05) is 26.8 Å². The maximum Gasteiger partial charge on any atom is 0.410 e. The first kappa shape index (κ1) is 19.2. The van der Waals surface area contributed by atoms with Crippen molar-refractivity contribution >= 4 is 40.9 Å². The van der Waals surface area contributed by atoms with Crippen molar-refractivity contribution in [2.75, 3.05) is 31.1 Å². The molecule has 1 aromatic rings. The van der Waals surface area contributed by atoms with E-state index in [0.29, 0.717) is 31.1 Å². The van der Waals surface area contributed by atoms with Crippen LogP contribution < -0.4 is 10.2 Å². The van der Waals surface area contributed by atoms with Crippen LogP contribution in [0.4, 0.5) is 15.4 Å². The first-order valence-corrected chi connectivity index (χ1v) is 9.47. The van der Waals surface area contributed by atoms with E-state index in [0.717, 1.165) is 23.1 Å². The molecule has 3 heterocycles. The molecule has 3 amide bonds. The summed E-state index contributed by atoms with van der Waals surface area (Å²) in [6.07, 6.45) is 3.04. The van der Waals surface area contributed by atoms with Gasteiger partial charge in [0.05, 0.1) is 4.91 Å². The minimum absolute atomic E-state index is 0.317. The van der Waals surface area contributed by atoms with E-state index in [4.69, 9.17) is 4.74 Å². The molecule has 0 bridgehead atoms. The monoisotopic (exact) mass is 390 g/mol. The van der Waals surface area contributed by atoms with Gasteiger partial charge in [-0.15, -0.1) is 0 Å². The molecule has 144 valence electrons. The van der Waals surface area contributed by atoms with E-state index in [9.17, 15) is 14.4 Å². The van der Waals surface area contributed by atoms with Gasteiger partial charge in [0, 0.05) is 37.9 Å². The summed E-state index contributed by atoms with van der Waals surface area (Å²) in [5.41, 5.74) is 0.237. The topological polar surface area (TPSA) is 91.8 Å². The lowest BCUT2D eigenvalue weighted by Crippen LogP contribution is -2.50. The fourth-order valence-electron chi connectivity index (χ4n) is 2.78. The minimum atomic E-state index is -0.522. The smallest absolute Gasteiger partial charge is 0.410 e. The number of piperazine rings is 1. The molecular formula is C18H22N4O4S. The SMILES string of the molecule is CC(C)(C)OC(=O)N1CCN(c2ncccc2/C=C2\SC(=O)NC2=O)CC1. The van der Waals surface area contributed by atoms with Gasteiger partial charge in [-0.25, -0.2) is 9.78 Å². The van der Waals surface area contributed by atoms with Gasteiger partial charge in [0.2, 0.25) is 0 Å². The average molecular weight is 390 g/mol. The van der Waals surface area contributed by atoms with E-state index < -0.39 is 11.5 Å². The van der Waals surface area contributed by atoms with Crippen LogP contribution in [0.25, 0.3) is 6.08 Å². The predicted octanol–water partition coefficient (Wildman–Crippen LogP) is 2.46. The van der Waals surface area contributed by atoms with E-state index in [-0.39, 0.29) is 11.3 Å². The van der Waals surface area contributed by atoms with Crippen molar-refractivity contribution in [2.45, 2.75) is 26.4 Å². The molecule has 0 spiro atoms. The highest BCUT2D eigenvalue weighted by Gasteiger charge is 2.28. The van der Waals surface area contributed by atoms with Crippen LogP contribution in [0.2, 0.25) is 0 Å². The minimum Gasteiger partial charge on any atom is -0.444 e. The molecule has 0 unspecified atom stereocenters. The quantitative estimate of drug-likeness (QED) is 0.776. The van der Waals surface area contributed by atoms with Gasteiger partial charge in [-0.05, 0) is 50.7 Å². The highest BCUT2D eigenvalue weighted by Crippen LogP contribution is 2.29. The molecule has 2 fully saturated rings. The zero-order valence-electron chi connectivity index (χ0n) is 15.5. The van der Waals surface area contributed by atoms with Gasteiger partial charge in [0.1, 0.15) is 11.4 Å². The lowest BCUT2D eigenvalue weighted by atomic mass is 10.2. The van der Waals surface area contributed by atoms with Gasteiger partial charge in [-0.1, -0.05) is 0 Å². The van der Waals surface area contributed by atoms with E-state index in [1.54, 1.807) is 23.2 Å². The molecule has 27 heavy (non-hydrogen) atoms. The van der Waals surface area contributed by atoms with Crippen LogP contribution in [0.5, 0.6) is 0 Å². The molecule has 0 saturated carbocycles. The highest BCUT2D eigenvalue weighted by molar-refractivity contribution is 8.18. The maximum atomic E-state index is 12.2. The third-order valence-corrected chi connectivity index (χ3v) is 4.79. The number of nitrogens with one attached hydrogen (secondary N) is 1. The summed E-state index contributed by atoms with van der Waals surface area (Å²) < 4.78 is 5.42. The first-order valence-electron chi connectivity index (χ1n) is 8.66. The zero-order chi connectivity index (χ0) is 19.6. The molecule has 3 rings (SSSR count). The molecule has 1 N–H and O–H groups in total. The van der Waals surface area contributed by atoms with E-state index in [1.165, 1.54) is 0 Å². The van der Waals surface area contributed by atoms with Gasteiger partial charge in [0.25, 0.3) is 11.1 Å². The van der Waals surface area contributed by atoms with Crippen LogP contribution in [0.15, 0.2) is 23.2 Å². The second-order valence-corrected chi connectivity index (χ2v) is 8.24. The fourth-order valence-corrected chi connectivity index (χ4v) is 3.45. The molecule has 8 nitrogen and oxygen atoms in total. The van der Waals surface area contributed by atoms with Crippen molar-refractivity contribution < 1.29 is 19.1 Å². The van der Waals surface area contributed by atoms with Crippen LogP contribution in [0.1, 0.15) is 26.3 Å². The standard InChI is InChI=1S/C18H22N4O4S/c1-18(2,3)26-17(25)22-9-7-21(8-10-22)14-12(5-4-6-19-14)11-13-15(23)20-16(24)27-13/h4-6,11H,7-10H2,1-3H3,(H,20,23,24)/b13-11-. The Balaban J connectivity index is 1.70. The number of amides is 3. The van der Waals surface area contributed by atoms with Crippen LogP contribution in [0.3, 0.4) is 0 Å². The lowest BCUT2D eigenvalue weighted by Gasteiger charge is -2.36. The molecule has 9 heteroatoms. The van der Waals surface area contributed by atoms with Crippen molar-refractivity contribution in [3.05, 3.63) is 28.8 Å². The molecule has 1 aromatic heterocycles. The highest BCUT2D eigenvalue weighted by atomic mass is 32.2. The van der Waals surface area contributed by atoms with E-state index >= 15 is 0 Å². The van der Waals surface area contributed by atoms with Gasteiger partial charge in [0.15, 0.2) is 0 Å². The number of ether oxygens (including phenoxy) is 1. The summed E-state index contributed by atoms with van der Waals surface area (Å²) in [5.74, 6) is 0.330. The van der Waals surface area contributed by atoms with Crippen LogP contribution in [0, 0.1) is 0 Å². The number of carbonyl (C=O) groups is 3. The molecule has 0 aliphatic carbocycles. The van der Waals surface area contributed by atoms with Crippen molar-refractivity contribution in [1.29, 1.82) is 0 Å². The van der Waals surface area contributed by atoms with Crippen molar-refractivity contribution in [2.24, 2.45) is 0 Å². The van der Waals surface area contributed by atoms with Crippen molar-refractivity contribution in [1.82, 2.24) is 15.2 Å². The van der Waals surface area contributed by atoms with Gasteiger partial charge >= 0.3 is 6.09 Å². The Kier molecular flexibility index (Phi) is 5.41. The Morgan fingerprint density at radius 3 is 2.56 bits per heavy atom. The summed E-state index contributed by atoms with van der Waals surface area (Å²) in [7, 11) is 0. The maximum absolute atomic E-state index is 12.2. The normalized spacial score (nSPS) is 19.4. The van der Waals surface area contributed by atoms with E-state index in [2.05, 4.69) is 15.2 Å². The molecule has 2 saturated heterocycles. The number of hydrogen-bond acceptors (Lipinski definition) is 7. The summed E-state index contributed by atoms with van der Waals surface area (Å²) >= 11 is 0.879. The predicted molar refractivity (Wildman–Crippen MR) is 103 cm³/mol. The fraction of sp³-hybridized carbons (Fsp3) is 0.444. The second kappa shape index (κ2) is 7.59. The molecule has 2 aliphatic heterocycles. The molecule has 2 aliphatic rings. The van der Waals surface area contributed by atoms with Crippen LogP contribution >= 0.6 is 11.8 Å². The largest absolute Gasteiger partial charge is 0.444 e. The number of rotatable bonds is 2. The number of hydrogen-bond donors (Lipinski definition) is 1. The number of nitrogens with zero attached hydrogens (tertiary/aromatic N) is 3. The van der Waals surface area contributed by atoms with Gasteiger partial charge < -0.3 is 14.5 Å². The molecule has 0 atom stereocenters.